The number of ether oxygens (including phenoxy) is 1. The highest BCUT2D eigenvalue weighted by Crippen LogP contribution is 2.56. The highest BCUT2D eigenvalue weighted by molar-refractivity contribution is 5.83. The highest BCUT2D eigenvalue weighted by Gasteiger charge is 2.47. The van der Waals surface area contributed by atoms with E-state index >= 15 is 0 Å². The molecule has 6 rings (SSSR count). The van der Waals surface area contributed by atoms with Crippen LogP contribution in [0.25, 0.3) is 22.3 Å². The van der Waals surface area contributed by atoms with Crippen LogP contribution in [-0.2, 0) is 14.9 Å². The molecule has 0 spiro atoms. The molecule has 0 bridgehead atoms. The van der Waals surface area contributed by atoms with Gasteiger partial charge in [-0.2, -0.15) is 0 Å². The second kappa shape index (κ2) is 7.20. The topological polar surface area (TPSA) is 26.3 Å². The number of benzene rings is 4. The third-order valence-electron chi connectivity index (χ3n) is 7.21. The lowest BCUT2D eigenvalue weighted by molar-refractivity contribution is -0.142. The SMILES string of the molecule is CC(=O)OCC1(CC2c3ccccc3-c3ccccc32)c2ccccc2-c2ccccc21. The second-order valence-corrected chi connectivity index (χ2v) is 8.88. The van der Waals surface area contributed by atoms with Crippen LogP contribution < -0.4 is 0 Å². The van der Waals surface area contributed by atoms with Gasteiger partial charge in [0.1, 0.15) is 6.61 Å². The molecule has 0 saturated heterocycles. The Balaban J connectivity index is 1.57. The van der Waals surface area contributed by atoms with E-state index in [1.54, 1.807) is 0 Å². The molecule has 0 saturated carbocycles. The minimum Gasteiger partial charge on any atom is -0.465 e. The Morgan fingerprint density at radius 2 is 1.12 bits per heavy atom. The molecular formula is C30H24O2. The van der Waals surface area contributed by atoms with Crippen molar-refractivity contribution in [2.45, 2.75) is 24.7 Å². The summed E-state index contributed by atoms with van der Waals surface area (Å²) >= 11 is 0. The summed E-state index contributed by atoms with van der Waals surface area (Å²) in [7, 11) is 0. The van der Waals surface area contributed by atoms with Crippen LogP contribution in [-0.4, -0.2) is 12.6 Å². The first-order chi connectivity index (χ1) is 15.7. The Hall–Kier alpha value is -3.65. The normalized spacial score (nSPS) is 14.9. The van der Waals surface area contributed by atoms with Gasteiger partial charge in [0.15, 0.2) is 0 Å². The first-order valence-electron chi connectivity index (χ1n) is 11.2. The molecule has 0 unspecified atom stereocenters. The Bertz CT molecular complexity index is 1260. The van der Waals surface area contributed by atoms with Gasteiger partial charge in [-0.05, 0) is 50.9 Å². The van der Waals surface area contributed by atoms with E-state index in [0.29, 0.717) is 6.61 Å². The number of hydrogen-bond donors (Lipinski definition) is 0. The third-order valence-corrected chi connectivity index (χ3v) is 7.21. The number of fused-ring (bicyclic) bond motifs is 6. The molecule has 0 heterocycles. The van der Waals surface area contributed by atoms with Crippen LogP contribution in [0.3, 0.4) is 0 Å². The Morgan fingerprint density at radius 3 is 1.62 bits per heavy atom. The summed E-state index contributed by atoms with van der Waals surface area (Å²) in [4.78, 5) is 12.0. The average molecular weight is 417 g/mol. The van der Waals surface area contributed by atoms with Crippen LogP contribution in [0, 0.1) is 0 Å². The van der Waals surface area contributed by atoms with Gasteiger partial charge in [-0.3, -0.25) is 4.79 Å². The quantitative estimate of drug-likeness (QED) is 0.345. The van der Waals surface area contributed by atoms with Crippen LogP contribution in [0.1, 0.15) is 41.5 Å². The lowest BCUT2D eigenvalue weighted by atomic mass is 9.70. The van der Waals surface area contributed by atoms with Gasteiger partial charge in [-0.25, -0.2) is 0 Å². The van der Waals surface area contributed by atoms with Crippen LogP contribution in [0.4, 0.5) is 0 Å². The van der Waals surface area contributed by atoms with E-state index in [0.717, 1.165) is 6.42 Å². The van der Waals surface area contributed by atoms with E-state index in [2.05, 4.69) is 97.1 Å². The third kappa shape index (κ3) is 2.69. The van der Waals surface area contributed by atoms with Crippen LogP contribution in [0.2, 0.25) is 0 Å². The minimum absolute atomic E-state index is 0.233. The fourth-order valence-electron chi connectivity index (χ4n) is 5.90. The van der Waals surface area contributed by atoms with E-state index < -0.39 is 5.41 Å². The monoisotopic (exact) mass is 416 g/mol. The molecule has 0 amide bonds. The van der Waals surface area contributed by atoms with Crippen LogP contribution >= 0.6 is 0 Å². The van der Waals surface area contributed by atoms with Crippen molar-refractivity contribution in [3.8, 4) is 22.3 Å². The molecule has 2 nitrogen and oxygen atoms in total. The molecule has 0 N–H and O–H groups in total. The van der Waals surface area contributed by atoms with Gasteiger partial charge < -0.3 is 4.74 Å². The van der Waals surface area contributed by atoms with Crippen molar-refractivity contribution < 1.29 is 9.53 Å². The van der Waals surface area contributed by atoms with Crippen molar-refractivity contribution in [3.63, 3.8) is 0 Å². The number of hydrogen-bond acceptors (Lipinski definition) is 2. The van der Waals surface area contributed by atoms with Crippen molar-refractivity contribution in [3.05, 3.63) is 119 Å². The summed E-state index contributed by atoms with van der Waals surface area (Å²) < 4.78 is 5.79. The fourth-order valence-corrected chi connectivity index (χ4v) is 5.90. The zero-order chi connectivity index (χ0) is 21.7. The molecule has 0 aliphatic heterocycles. The Morgan fingerprint density at radius 1 is 0.688 bits per heavy atom. The Kier molecular flexibility index (Phi) is 4.29. The summed E-state index contributed by atoms with van der Waals surface area (Å²) in [5.74, 6) is -0.00405. The zero-order valence-electron chi connectivity index (χ0n) is 18.0. The van der Waals surface area contributed by atoms with Crippen molar-refractivity contribution in [1.29, 1.82) is 0 Å². The van der Waals surface area contributed by atoms with Crippen molar-refractivity contribution >= 4 is 5.97 Å². The van der Waals surface area contributed by atoms with Gasteiger partial charge in [-0.15, -0.1) is 0 Å². The zero-order valence-corrected chi connectivity index (χ0v) is 18.0. The molecule has 32 heavy (non-hydrogen) atoms. The lowest BCUT2D eigenvalue weighted by Crippen LogP contribution is -2.34. The van der Waals surface area contributed by atoms with Crippen molar-refractivity contribution in [1.82, 2.24) is 0 Å². The minimum atomic E-state index is -0.395. The molecule has 0 atom stereocenters. The molecule has 4 aromatic rings. The van der Waals surface area contributed by atoms with Crippen LogP contribution in [0.15, 0.2) is 97.1 Å². The first-order valence-corrected chi connectivity index (χ1v) is 11.2. The number of carbonyl (C=O) groups is 1. The van der Waals surface area contributed by atoms with E-state index in [1.807, 2.05) is 0 Å². The molecule has 2 aliphatic carbocycles. The van der Waals surface area contributed by atoms with Gasteiger partial charge in [0.2, 0.25) is 0 Å². The van der Waals surface area contributed by atoms with Gasteiger partial charge in [0, 0.05) is 12.8 Å². The average Bonchev–Trinajstić information content (AvgIpc) is 3.30. The molecular weight excluding hydrogens is 392 g/mol. The van der Waals surface area contributed by atoms with Crippen molar-refractivity contribution in [2.24, 2.45) is 0 Å². The van der Waals surface area contributed by atoms with Gasteiger partial charge in [0.25, 0.3) is 0 Å². The molecule has 0 aromatic heterocycles. The summed E-state index contributed by atoms with van der Waals surface area (Å²) in [5, 5.41) is 0. The Labute approximate surface area is 188 Å². The van der Waals surface area contributed by atoms with E-state index in [-0.39, 0.29) is 11.9 Å². The number of rotatable bonds is 4. The molecule has 4 aromatic carbocycles. The largest absolute Gasteiger partial charge is 0.465 e. The van der Waals surface area contributed by atoms with Crippen LogP contribution in [0.5, 0.6) is 0 Å². The fraction of sp³-hybridized carbons (Fsp3) is 0.167. The number of esters is 1. The summed E-state index contributed by atoms with van der Waals surface area (Å²) in [5.41, 5.74) is 9.95. The summed E-state index contributed by atoms with van der Waals surface area (Å²) in [6.45, 7) is 1.85. The first kappa shape index (κ1) is 19.1. The maximum absolute atomic E-state index is 12.0. The van der Waals surface area contributed by atoms with Crippen molar-refractivity contribution in [2.75, 3.05) is 6.61 Å². The smallest absolute Gasteiger partial charge is 0.302 e. The summed E-state index contributed by atoms with van der Waals surface area (Å²) in [6.07, 6.45) is 0.850. The van der Waals surface area contributed by atoms with E-state index in [9.17, 15) is 4.79 Å². The lowest BCUT2D eigenvalue weighted by Gasteiger charge is -2.34. The van der Waals surface area contributed by atoms with E-state index in [1.165, 1.54) is 51.4 Å². The molecule has 156 valence electrons. The van der Waals surface area contributed by atoms with Gasteiger partial charge in [-0.1, -0.05) is 97.1 Å². The van der Waals surface area contributed by atoms with Gasteiger partial charge >= 0.3 is 5.97 Å². The maximum atomic E-state index is 12.0. The maximum Gasteiger partial charge on any atom is 0.302 e. The molecule has 2 aliphatic rings. The van der Waals surface area contributed by atoms with Gasteiger partial charge in [0.05, 0.1) is 5.41 Å². The predicted molar refractivity (Wildman–Crippen MR) is 128 cm³/mol. The summed E-state index contributed by atoms with van der Waals surface area (Å²) in [6, 6.07) is 34.7. The standard InChI is InChI=1S/C30H24O2/c1-20(31)32-19-30(28-16-8-6-14-25(28)26-15-7-9-17-29(26)30)18-27-23-12-4-2-10-21(23)22-11-3-5-13-24(22)27/h2-17,27H,18-19H2,1H3. The second-order valence-electron chi connectivity index (χ2n) is 8.88. The molecule has 0 fully saturated rings. The highest BCUT2D eigenvalue weighted by atomic mass is 16.5. The predicted octanol–water partition coefficient (Wildman–Crippen LogP) is 6.72. The molecule has 0 radical (unpaired) electrons. The molecule has 2 heteroatoms. The number of carbonyl (C=O) groups excluding carboxylic acids is 1. The van der Waals surface area contributed by atoms with E-state index in [4.69, 9.17) is 4.74 Å².